The maximum absolute atomic E-state index is 8.73. The fraction of sp³-hybridized carbons (Fsp3) is 0.364. The molecule has 0 aliphatic carbocycles. The van der Waals surface area contributed by atoms with Crippen molar-refractivity contribution in [1.29, 1.82) is 5.26 Å². The monoisotopic (exact) mass is 187 g/mol. The van der Waals surface area contributed by atoms with Crippen molar-refractivity contribution in [3.8, 4) is 17.9 Å². The van der Waals surface area contributed by atoms with E-state index in [1.807, 2.05) is 30.8 Å². The topological polar surface area (TPSA) is 40.8 Å². The average Bonchev–Trinajstić information content (AvgIpc) is 2.54. The summed E-state index contributed by atoms with van der Waals surface area (Å²) in [6, 6.07) is 4.01. The van der Waals surface area contributed by atoms with Gasteiger partial charge in [-0.2, -0.15) is 5.26 Å². The Morgan fingerprint density at radius 2 is 2.36 bits per heavy atom. The molecule has 3 heteroatoms. The van der Waals surface area contributed by atoms with Gasteiger partial charge in [0, 0.05) is 19.8 Å². The number of nitrogens with zero attached hydrogens (tertiary/aromatic N) is 2. The second-order valence-electron chi connectivity index (χ2n) is 2.99. The van der Waals surface area contributed by atoms with Crippen LogP contribution in [0.3, 0.4) is 0 Å². The van der Waals surface area contributed by atoms with E-state index < -0.39 is 0 Å². The van der Waals surface area contributed by atoms with Crippen LogP contribution in [0.25, 0.3) is 0 Å². The molecule has 0 aromatic carbocycles. The molecule has 0 bridgehead atoms. The van der Waals surface area contributed by atoms with Gasteiger partial charge in [-0.25, -0.2) is 0 Å². The van der Waals surface area contributed by atoms with E-state index in [2.05, 4.69) is 23.2 Å². The lowest BCUT2D eigenvalue weighted by Gasteiger charge is -1.95. The molecule has 0 unspecified atom stereocenters. The standard InChI is InChI=1S/C11H13N3/c1-3-4-5-13-8-10-6-11(7-12)14(2)9-10/h6,9,13H,5,8H2,1-2H3. The highest BCUT2D eigenvalue weighted by molar-refractivity contribution is 5.28. The number of aryl methyl sites for hydroxylation is 1. The first-order chi connectivity index (χ1) is 6.77. The maximum Gasteiger partial charge on any atom is 0.120 e. The number of hydrogen-bond donors (Lipinski definition) is 1. The van der Waals surface area contributed by atoms with Crippen molar-refractivity contribution in [1.82, 2.24) is 9.88 Å². The minimum atomic E-state index is 0.684. The quantitative estimate of drug-likeness (QED) is 0.566. The fourth-order valence-electron chi connectivity index (χ4n) is 1.20. The lowest BCUT2D eigenvalue weighted by atomic mass is 10.3. The lowest BCUT2D eigenvalue weighted by Crippen LogP contribution is -2.12. The van der Waals surface area contributed by atoms with Crippen LogP contribution in [0, 0.1) is 23.2 Å². The molecule has 72 valence electrons. The molecule has 1 aromatic rings. The fourth-order valence-corrected chi connectivity index (χ4v) is 1.20. The van der Waals surface area contributed by atoms with Crippen molar-refractivity contribution in [2.24, 2.45) is 7.05 Å². The molecular weight excluding hydrogens is 174 g/mol. The van der Waals surface area contributed by atoms with Crippen molar-refractivity contribution in [2.75, 3.05) is 6.54 Å². The van der Waals surface area contributed by atoms with Crippen molar-refractivity contribution >= 4 is 0 Å². The molecule has 0 saturated heterocycles. The molecule has 0 spiro atoms. The summed E-state index contributed by atoms with van der Waals surface area (Å²) in [5.41, 5.74) is 1.80. The van der Waals surface area contributed by atoms with Gasteiger partial charge in [0.15, 0.2) is 0 Å². The first-order valence-electron chi connectivity index (χ1n) is 4.43. The Kier molecular flexibility index (Phi) is 3.79. The Morgan fingerprint density at radius 1 is 1.57 bits per heavy atom. The van der Waals surface area contributed by atoms with E-state index in [1.165, 1.54) is 0 Å². The third-order valence-electron chi connectivity index (χ3n) is 1.90. The molecule has 1 rings (SSSR count). The van der Waals surface area contributed by atoms with Crippen molar-refractivity contribution in [3.05, 3.63) is 23.5 Å². The van der Waals surface area contributed by atoms with Crippen LogP contribution in [-0.4, -0.2) is 11.1 Å². The van der Waals surface area contributed by atoms with Gasteiger partial charge >= 0.3 is 0 Å². The van der Waals surface area contributed by atoms with E-state index >= 15 is 0 Å². The molecule has 14 heavy (non-hydrogen) atoms. The lowest BCUT2D eigenvalue weighted by molar-refractivity contribution is 0.766. The van der Waals surface area contributed by atoms with Gasteiger partial charge in [0.25, 0.3) is 0 Å². The number of aromatic nitrogens is 1. The smallest absolute Gasteiger partial charge is 0.120 e. The van der Waals surface area contributed by atoms with Gasteiger partial charge in [-0.05, 0) is 18.6 Å². The Hall–Kier alpha value is -1.71. The van der Waals surface area contributed by atoms with Crippen LogP contribution in [0.5, 0.6) is 0 Å². The van der Waals surface area contributed by atoms with E-state index in [1.54, 1.807) is 0 Å². The highest BCUT2D eigenvalue weighted by atomic mass is 14.9. The van der Waals surface area contributed by atoms with Crippen LogP contribution in [0.2, 0.25) is 0 Å². The predicted octanol–water partition coefficient (Wildman–Crippen LogP) is 1.01. The van der Waals surface area contributed by atoms with Crippen LogP contribution in [0.15, 0.2) is 12.3 Å². The molecule has 0 aliphatic heterocycles. The number of rotatable bonds is 3. The highest BCUT2D eigenvalue weighted by Crippen LogP contribution is 2.05. The van der Waals surface area contributed by atoms with Crippen LogP contribution in [0.4, 0.5) is 0 Å². The zero-order valence-electron chi connectivity index (χ0n) is 8.46. The van der Waals surface area contributed by atoms with E-state index in [4.69, 9.17) is 5.26 Å². The summed E-state index contributed by atoms with van der Waals surface area (Å²) in [4.78, 5) is 0. The Bertz CT molecular complexity index is 398. The van der Waals surface area contributed by atoms with Crippen LogP contribution < -0.4 is 5.32 Å². The molecule has 1 aromatic heterocycles. The van der Waals surface area contributed by atoms with Gasteiger partial charge in [-0.15, -0.1) is 5.92 Å². The van der Waals surface area contributed by atoms with Crippen LogP contribution >= 0.6 is 0 Å². The number of nitrogens with one attached hydrogen (secondary N) is 1. The van der Waals surface area contributed by atoms with Gasteiger partial charge in [0.2, 0.25) is 0 Å². The van der Waals surface area contributed by atoms with Crippen molar-refractivity contribution < 1.29 is 0 Å². The van der Waals surface area contributed by atoms with E-state index in [9.17, 15) is 0 Å². The zero-order valence-corrected chi connectivity index (χ0v) is 8.46. The van der Waals surface area contributed by atoms with Gasteiger partial charge in [0.05, 0.1) is 6.54 Å². The first kappa shape index (κ1) is 10.4. The summed E-state index contributed by atoms with van der Waals surface area (Å²) in [7, 11) is 1.87. The minimum absolute atomic E-state index is 0.684. The summed E-state index contributed by atoms with van der Waals surface area (Å²) in [6.07, 6.45) is 1.95. The van der Waals surface area contributed by atoms with E-state index in [-0.39, 0.29) is 0 Å². The summed E-state index contributed by atoms with van der Waals surface area (Å²) >= 11 is 0. The molecule has 0 radical (unpaired) electrons. The van der Waals surface area contributed by atoms with E-state index in [0.717, 1.165) is 12.1 Å². The zero-order chi connectivity index (χ0) is 10.4. The van der Waals surface area contributed by atoms with Gasteiger partial charge < -0.3 is 9.88 Å². The van der Waals surface area contributed by atoms with Crippen LogP contribution in [0.1, 0.15) is 18.2 Å². The van der Waals surface area contributed by atoms with Crippen molar-refractivity contribution in [3.63, 3.8) is 0 Å². The molecule has 0 amide bonds. The third-order valence-corrected chi connectivity index (χ3v) is 1.90. The van der Waals surface area contributed by atoms with Gasteiger partial charge in [0.1, 0.15) is 11.8 Å². The van der Waals surface area contributed by atoms with Gasteiger partial charge in [-0.3, -0.25) is 0 Å². The molecule has 0 saturated carbocycles. The molecule has 1 heterocycles. The Labute approximate surface area is 84.3 Å². The molecule has 3 nitrogen and oxygen atoms in total. The first-order valence-corrected chi connectivity index (χ1v) is 4.43. The molecule has 0 atom stereocenters. The van der Waals surface area contributed by atoms with Gasteiger partial charge in [-0.1, -0.05) is 5.92 Å². The second kappa shape index (κ2) is 5.11. The number of hydrogen-bond acceptors (Lipinski definition) is 2. The average molecular weight is 187 g/mol. The largest absolute Gasteiger partial charge is 0.342 e. The Balaban J connectivity index is 2.51. The van der Waals surface area contributed by atoms with E-state index in [0.29, 0.717) is 12.2 Å². The SMILES string of the molecule is CC#CCNCc1cc(C#N)n(C)c1. The number of nitriles is 1. The normalized spacial score (nSPS) is 8.93. The maximum atomic E-state index is 8.73. The summed E-state index contributed by atoms with van der Waals surface area (Å²) in [6.45, 7) is 3.26. The Morgan fingerprint density at radius 3 is 2.93 bits per heavy atom. The second-order valence-corrected chi connectivity index (χ2v) is 2.99. The van der Waals surface area contributed by atoms with Crippen LogP contribution in [-0.2, 0) is 13.6 Å². The highest BCUT2D eigenvalue weighted by Gasteiger charge is 2.00. The van der Waals surface area contributed by atoms with Crippen molar-refractivity contribution in [2.45, 2.75) is 13.5 Å². The molecular formula is C11H13N3. The molecule has 1 N–H and O–H groups in total. The summed E-state index contributed by atoms with van der Waals surface area (Å²) in [5.74, 6) is 5.73. The molecule has 0 fully saturated rings. The minimum Gasteiger partial charge on any atom is -0.342 e. The third kappa shape index (κ3) is 2.65. The predicted molar refractivity (Wildman–Crippen MR) is 55.3 cm³/mol. The summed E-state index contributed by atoms with van der Waals surface area (Å²) < 4.78 is 1.82. The molecule has 0 aliphatic rings. The summed E-state index contributed by atoms with van der Waals surface area (Å²) in [5, 5.41) is 11.9.